The molecule has 0 fully saturated rings. The quantitative estimate of drug-likeness (QED) is 0.152. The average molecular weight is 959 g/mol. The van der Waals surface area contributed by atoms with Crippen LogP contribution < -0.4 is 0 Å². The molecule has 0 aliphatic rings. The first kappa shape index (κ1) is 42.5. The van der Waals surface area contributed by atoms with Gasteiger partial charge >= 0.3 is 0 Å². The molecule has 75 heavy (non-hydrogen) atoms. The molecule has 0 aliphatic carbocycles. The van der Waals surface area contributed by atoms with Crippen LogP contribution in [0.1, 0.15) is 0 Å². The van der Waals surface area contributed by atoms with E-state index in [-0.39, 0.29) is 0 Å². The molecule has 4 heterocycles. The monoisotopic (exact) mass is 958 g/mol. The summed E-state index contributed by atoms with van der Waals surface area (Å²) < 4.78 is 15.8. The van der Waals surface area contributed by atoms with Crippen molar-refractivity contribution in [2.45, 2.75) is 0 Å². The minimum absolute atomic E-state index is 0.561. The van der Waals surface area contributed by atoms with E-state index in [9.17, 15) is 0 Å². The Morgan fingerprint density at radius 2 is 0.773 bits per heavy atom. The second-order valence-electron chi connectivity index (χ2n) is 19.1. The van der Waals surface area contributed by atoms with Gasteiger partial charge in [-0.15, -0.1) is 0 Å². The molecule has 0 amide bonds. The van der Waals surface area contributed by atoms with E-state index in [4.69, 9.17) is 23.8 Å². The van der Waals surface area contributed by atoms with Crippen LogP contribution in [0.15, 0.2) is 264 Å². The Morgan fingerprint density at radius 1 is 0.280 bits per heavy atom. The van der Waals surface area contributed by atoms with Crippen molar-refractivity contribution >= 4 is 65.7 Å². The zero-order valence-corrected chi connectivity index (χ0v) is 40.4. The number of furan rings is 2. The first-order chi connectivity index (χ1) is 37.2. The van der Waals surface area contributed by atoms with Crippen LogP contribution in [0.2, 0.25) is 0 Å². The van der Waals surface area contributed by atoms with Gasteiger partial charge in [0, 0.05) is 49.0 Å². The second-order valence-corrected chi connectivity index (χ2v) is 19.1. The lowest BCUT2D eigenvalue weighted by atomic mass is 9.92. The number of aromatic nitrogens is 4. The maximum Gasteiger partial charge on any atom is 0.165 e. The largest absolute Gasteiger partial charge is 0.456 e. The van der Waals surface area contributed by atoms with Gasteiger partial charge in [0.15, 0.2) is 23.1 Å². The smallest absolute Gasteiger partial charge is 0.165 e. The molecule has 6 heteroatoms. The summed E-state index contributed by atoms with van der Waals surface area (Å²) in [4.78, 5) is 15.8. The van der Waals surface area contributed by atoms with Crippen molar-refractivity contribution < 1.29 is 8.83 Å². The summed E-state index contributed by atoms with van der Waals surface area (Å²) in [7, 11) is 0. The molecule has 4 aromatic heterocycles. The number of nitrogens with zero attached hydrogens (tertiary/aromatic N) is 4. The van der Waals surface area contributed by atoms with Crippen molar-refractivity contribution in [3.8, 4) is 84.4 Å². The van der Waals surface area contributed by atoms with Gasteiger partial charge < -0.3 is 13.4 Å². The number of fused-ring (bicyclic) bond motifs is 9. The van der Waals surface area contributed by atoms with Crippen molar-refractivity contribution in [1.29, 1.82) is 0 Å². The highest BCUT2D eigenvalue weighted by Crippen LogP contribution is 2.45. The van der Waals surface area contributed by atoms with E-state index in [1.165, 1.54) is 21.9 Å². The highest BCUT2D eigenvalue weighted by molar-refractivity contribution is 6.16. The second kappa shape index (κ2) is 17.3. The molecule has 0 saturated carbocycles. The summed E-state index contributed by atoms with van der Waals surface area (Å²) in [5.41, 5.74) is 18.0. The minimum atomic E-state index is 0.561. The Bertz CT molecular complexity index is 4690. The van der Waals surface area contributed by atoms with Crippen LogP contribution in [0, 0.1) is 0 Å². The van der Waals surface area contributed by atoms with E-state index < -0.39 is 0 Å². The van der Waals surface area contributed by atoms with Gasteiger partial charge in [-0.05, 0) is 105 Å². The fourth-order valence-corrected chi connectivity index (χ4v) is 11.1. The fourth-order valence-electron chi connectivity index (χ4n) is 11.1. The van der Waals surface area contributed by atoms with E-state index in [0.717, 1.165) is 111 Å². The van der Waals surface area contributed by atoms with Crippen molar-refractivity contribution in [2.24, 2.45) is 0 Å². The molecule has 0 aliphatic heterocycles. The molecule has 0 atom stereocenters. The summed E-state index contributed by atoms with van der Waals surface area (Å²) in [6.45, 7) is 0. The Kier molecular flexibility index (Phi) is 9.78. The standard InChI is InChI=1S/C69H42N4O2/c1-4-16-43(17-5-1)45-30-32-47(33-31-45)68-70-67(46-20-8-3-9-21-46)71-69(72-68)65-52(36-39-63-64(65)55-25-11-13-29-61(55)74-63)51-23-14-22-48(40-51)50-35-38-62-57(42-50)54-26-15-28-60(66(54)75-62)73-58-27-12-10-24-53(58)56-41-49(34-37-59(56)73)44-18-6-2-7-19-44/h1-42H. The third-order valence-electron chi connectivity index (χ3n) is 14.7. The first-order valence-electron chi connectivity index (χ1n) is 25.2. The Morgan fingerprint density at radius 3 is 1.56 bits per heavy atom. The lowest BCUT2D eigenvalue weighted by molar-refractivity contribution is 0.666. The van der Waals surface area contributed by atoms with E-state index in [1.54, 1.807) is 0 Å². The van der Waals surface area contributed by atoms with Gasteiger partial charge in [-0.25, -0.2) is 15.0 Å². The van der Waals surface area contributed by atoms with Crippen molar-refractivity contribution in [3.63, 3.8) is 0 Å². The van der Waals surface area contributed by atoms with E-state index in [2.05, 4.69) is 211 Å². The van der Waals surface area contributed by atoms with Gasteiger partial charge in [-0.1, -0.05) is 194 Å². The van der Waals surface area contributed by atoms with E-state index in [0.29, 0.717) is 17.5 Å². The zero-order valence-electron chi connectivity index (χ0n) is 40.4. The van der Waals surface area contributed by atoms with Crippen LogP contribution in [0.4, 0.5) is 0 Å². The molecule has 6 nitrogen and oxygen atoms in total. The highest BCUT2D eigenvalue weighted by atomic mass is 16.3. The number of hydrogen-bond donors (Lipinski definition) is 0. The van der Waals surface area contributed by atoms with Crippen molar-refractivity contribution in [1.82, 2.24) is 19.5 Å². The van der Waals surface area contributed by atoms with Crippen LogP contribution in [0.25, 0.3) is 150 Å². The van der Waals surface area contributed by atoms with E-state index in [1.807, 2.05) is 48.5 Å². The van der Waals surface area contributed by atoms with Gasteiger partial charge in [0.2, 0.25) is 0 Å². The molecule has 15 aromatic rings. The van der Waals surface area contributed by atoms with Gasteiger partial charge in [0.05, 0.1) is 16.7 Å². The van der Waals surface area contributed by atoms with Crippen molar-refractivity contribution in [2.75, 3.05) is 0 Å². The number of rotatable bonds is 8. The van der Waals surface area contributed by atoms with Crippen LogP contribution in [-0.4, -0.2) is 19.5 Å². The van der Waals surface area contributed by atoms with Crippen LogP contribution in [-0.2, 0) is 0 Å². The van der Waals surface area contributed by atoms with Gasteiger partial charge in [-0.3, -0.25) is 0 Å². The maximum absolute atomic E-state index is 6.88. The molecular weight excluding hydrogens is 917 g/mol. The third kappa shape index (κ3) is 7.14. The lowest BCUT2D eigenvalue weighted by Gasteiger charge is -2.14. The average Bonchev–Trinajstić information content (AvgIpc) is 4.22. The topological polar surface area (TPSA) is 69.9 Å². The predicted octanol–water partition coefficient (Wildman–Crippen LogP) is 18.4. The predicted molar refractivity (Wildman–Crippen MR) is 307 cm³/mol. The molecular formula is C69H42N4O2. The van der Waals surface area contributed by atoms with Crippen LogP contribution >= 0.6 is 0 Å². The number of hydrogen-bond acceptors (Lipinski definition) is 5. The molecule has 0 unspecified atom stereocenters. The molecule has 0 bridgehead atoms. The molecule has 0 saturated heterocycles. The Labute approximate surface area is 431 Å². The summed E-state index contributed by atoms with van der Waals surface area (Å²) in [5, 5.41) is 6.45. The Hall–Kier alpha value is -10.2. The fraction of sp³-hybridized carbons (Fsp3) is 0. The summed E-state index contributed by atoms with van der Waals surface area (Å²) in [5.74, 6) is 1.74. The number of para-hydroxylation sites is 3. The first-order valence-corrected chi connectivity index (χ1v) is 25.2. The normalized spacial score (nSPS) is 11.7. The Balaban J connectivity index is 0.875. The molecule has 0 N–H and O–H groups in total. The molecule has 11 aromatic carbocycles. The van der Waals surface area contributed by atoms with Gasteiger partial charge in [0.1, 0.15) is 16.7 Å². The molecule has 0 spiro atoms. The number of benzene rings is 11. The summed E-state index contributed by atoms with van der Waals surface area (Å²) >= 11 is 0. The SMILES string of the molecule is c1ccc(-c2ccc(-c3nc(-c4ccccc4)nc(-c4c(-c5cccc(-c6ccc7oc8c(-n9c%10ccccc%10c%10cc(-c%11ccccc%11)ccc%109)cccc8c7c6)c5)ccc5oc6ccccc6c45)n3)cc2)cc1. The highest BCUT2D eigenvalue weighted by Gasteiger charge is 2.24. The molecule has 15 rings (SSSR count). The minimum Gasteiger partial charge on any atom is -0.456 e. The van der Waals surface area contributed by atoms with Gasteiger partial charge in [0.25, 0.3) is 0 Å². The van der Waals surface area contributed by atoms with Crippen molar-refractivity contribution in [3.05, 3.63) is 255 Å². The summed E-state index contributed by atoms with van der Waals surface area (Å²) in [6.07, 6.45) is 0. The van der Waals surface area contributed by atoms with Crippen LogP contribution in [0.5, 0.6) is 0 Å². The zero-order chi connectivity index (χ0) is 49.4. The lowest BCUT2D eigenvalue weighted by Crippen LogP contribution is -2.01. The third-order valence-corrected chi connectivity index (χ3v) is 14.7. The molecule has 350 valence electrons. The maximum atomic E-state index is 6.88. The van der Waals surface area contributed by atoms with E-state index >= 15 is 0 Å². The van der Waals surface area contributed by atoms with Gasteiger partial charge in [-0.2, -0.15) is 0 Å². The summed E-state index contributed by atoms with van der Waals surface area (Å²) in [6, 6.07) is 89.2. The molecule has 0 radical (unpaired) electrons. The van der Waals surface area contributed by atoms with Crippen LogP contribution in [0.3, 0.4) is 0 Å².